The SMILES string of the molecule is CC(=O)O[C@H]1CC[C@@]2(C)C(=CC[C@@H]3[C@@H]2CC[C@@]2(C)[C@H]3CC[C@]2(C#N)O[Si](C)(C)C)C1. The zero-order chi connectivity index (χ0) is 21.9. The topological polar surface area (TPSA) is 59.3 Å². The number of carbonyl (C=O) groups excluding carboxylic acids is 1. The molecule has 0 aromatic rings. The maximum absolute atomic E-state index is 11.5. The number of esters is 1. The summed E-state index contributed by atoms with van der Waals surface area (Å²) in [7, 11) is -1.82. The predicted octanol–water partition coefficient (Wildman–Crippen LogP) is 5.99. The number of allylic oxidation sites excluding steroid dienone is 1. The van der Waals surface area contributed by atoms with Gasteiger partial charge in [0.05, 0.1) is 6.07 Å². The van der Waals surface area contributed by atoms with Gasteiger partial charge in [-0.15, -0.1) is 0 Å². The number of nitrogens with zero attached hydrogens (tertiary/aromatic N) is 1. The normalized spacial score (nSPS) is 45.4. The molecule has 0 N–H and O–H groups in total. The third kappa shape index (κ3) is 3.30. The van der Waals surface area contributed by atoms with Crippen molar-refractivity contribution in [2.45, 2.75) is 103 Å². The second kappa shape index (κ2) is 7.20. The molecular weight excluding hydrogens is 390 g/mol. The van der Waals surface area contributed by atoms with Crippen LogP contribution in [-0.4, -0.2) is 26.0 Å². The second-order valence-corrected chi connectivity index (χ2v) is 16.3. The molecule has 3 saturated carbocycles. The Kier molecular flexibility index (Phi) is 5.30. The van der Waals surface area contributed by atoms with Crippen LogP contribution in [0, 0.1) is 39.9 Å². The molecule has 0 heterocycles. The van der Waals surface area contributed by atoms with Gasteiger partial charge in [0.1, 0.15) is 11.7 Å². The standard InChI is InChI=1S/C25H39NO3Si/c1-17(27)28-19-9-12-23(2)18(15-19)7-8-20-21(23)10-13-24(3)22(20)11-14-25(24,16-26)29-30(4,5)6/h7,19-22H,8-15H2,1-6H3/t19-,20+,21-,22-,23-,24-,25+/m0/s1. The van der Waals surface area contributed by atoms with E-state index in [1.54, 1.807) is 0 Å². The van der Waals surface area contributed by atoms with Gasteiger partial charge in [-0.25, -0.2) is 0 Å². The van der Waals surface area contributed by atoms with Crippen LogP contribution in [0.15, 0.2) is 11.6 Å². The summed E-state index contributed by atoms with van der Waals surface area (Å²) in [6.07, 6.45) is 10.9. The number of ether oxygens (including phenoxy) is 1. The average Bonchev–Trinajstić information content (AvgIpc) is 2.93. The third-order valence-corrected chi connectivity index (χ3v) is 10.1. The molecule has 7 atom stereocenters. The zero-order valence-electron chi connectivity index (χ0n) is 19.7. The van der Waals surface area contributed by atoms with E-state index in [0.29, 0.717) is 17.8 Å². The summed E-state index contributed by atoms with van der Waals surface area (Å²) in [5, 5.41) is 10.3. The first-order valence-electron chi connectivity index (χ1n) is 11.9. The molecule has 0 amide bonds. The fourth-order valence-electron chi connectivity index (χ4n) is 7.86. The second-order valence-electron chi connectivity index (χ2n) is 11.9. The fourth-order valence-corrected chi connectivity index (χ4v) is 9.28. The van der Waals surface area contributed by atoms with Gasteiger partial charge < -0.3 is 9.16 Å². The van der Waals surface area contributed by atoms with E-state index in [1.165, 1.54) is 18.9 Å². The molecule has 5 heteroatoms. The minimum atomic E-state index is -1.82. The van der Waals surface area contributed by atoms with Crippen LogP contribution >= 0.6 is 0 Å². The Bertz CT molecular complexity index is 795. The van der Waals surface area contributed by atoms with Gasteiger partial charge in [-0.05, 0) is 87.8 Å². The van der Waals surface area contributed by atoms with Crippen LogP contribution in [0.3, 0.4) is 0 Å². The predicted molar refractivity (Wildman–Crippen MR) is 120 cm³/mol. The average molecular weight is 430 g/mol. The van der Waals surface area contributed by atoms with Gasteiger partial charge >= 0.3 is 5.97 Å². The minimum Gasteiger partial charge on any atom is -0.462 e. The van der Waals surface area contributed by atoms with E-state index in [4.69, 9.17) is 9.16 Å². The van der Waals surface area contributed by atoms with Gasteiger partial charge in [-0.2, -0.15) is 5.26 Å². The van der Waals surface area contributed by atoms with Crippen LogP contribution in [-0.2, 0) is 14.0 Å². The Balaban J connectivity index is 1.61. The lowest BCUT2D eigenvalue weighted by Gasteiger charge is -2.59. The van der Waals surface area contributed by atoms with E-state index in [-0.39, 0.29) is 22.9 Å². The van der Waals surface area contributed by atoms with Crippen molar-refractivity contribution in [3.8, 4) is 6.07 Å². The van der Waals surface area contributed by atoms with Gasteiger partial charge in [-0.3, -0.25) is 4.79 Å². The molecule has 0 saturated heterocycles. The van der Waals surface area contributed by atoms with Gasteiger partial charge in [0, 0.05) is 18.8 Å². The molecule has 0 aromatic heterocycles. The highest BCUT2D eigenvalue weighted by molar-refractivity contribution is 6.69. The molecule has 4 aliphatic rings. The molecule has 4 aliphatic carbocycles. The highest BCUT2D eigenvalue weighted by Crippen LogP contribution is 2.68. The summed E-state index contributed by atoms with van der Waals surface area (Å²) >= 11 is 0. The Hall–Kier alpha value is -1.12. The summed E-state index contributed by atoms with van der Waals surface area (Å²) < 4.78 is 12.3. The lowest BCUT2D eigenvalue weighted by molar-refractivity contribution is -0.149. The smallest absolute Gasteiger partial charge is 0.302 e. The first-order valence-corrected chi connectivity index (χ1v) is 15.3. The van der Waals surface area contributed by atoms with Crippen molar-refractivity contribution in [2.75, 3.05) is 0 Å². The Morgan fingerprint density at radius 2 is 1.83 bits per heavy atom. The lowest BCUT2D eigenvalue weighted by Crippen LogP contribution is -2.57. The van der Waals surface area contributed by atoms with Crippen LogP contribution in [0.1, 0.15) is 72.1 Å². The van der Waals surface area contributed by atoms with Crippen molar-refractivity contribution in [3.63, 3.8) is 0 Å². The van der Waals surface area contributed by atoms with Gasteiger partial charge in [0.25, 0.3) is 0 Å². The molecular formula is C25H39NO3Si. The molecule has 166 valence electrons. The first kappa shape index (κ1) is 22.1. The number of hydrogen-bond donors (Lipinski definition) is 0. The largest absolute Gasteiger partial charge is 0.462 e. The van der Waals surface area contributed by atoms with Gasteiger partial charge in [0.2, 0.25) is 0 Å². The molecule has 0 aliphatic heterocycles. The minimum absolute atomic E-state index is 0.0418. The van der Waals surface area contributed by atoms with E-state index in [0.717, 1.165) is 44.9 Å². The highest BCUT2D eigenvalue weighted by Gasteiger charge is 2.65. The Labute approximate surface area is 183 Å². The molecule has 0 spiro atoms. The molecule has 0 unspecified atom stereocenters. The van der Waals surface area contributed by atoms with E-state index in [9.17, 15) is 10.1 Å². The summed E-state index contributed by atoms with van der Waals surface area (Å²) in [4.78, 5) is 11.5. The maximum Gasteiger partial charge on any atom is 0.302 e. The van der Waals surface area contributed by atoms with E-state index < -0.39 is 13.9 Å². The number of carbonyl (C=O) groups is 1. The monoisotopic (exact) mass is 429 g/mol. The molecule has 0 radical (unpaired) electrons. The molecule has 0 aromatic carbocycles. The summed E-state index contributed by atoms with van der Waals surface area (Å²) in [6, 6.07) is 2.71. The van der Waals surface area contributed by atoms with Crippen molar-refractivity contribution in [1.82, 2.24) is 0 Å². The molecule has 4 nitrogen and oxygen atoms in total. The fraction of sp³-hybridized carbons (Fsp3) is 0.840. The van der Waals surface area contributed by atoms with Gasteiger partial charge in [0.15, 0.2) is 8.32 Å². The quantitative estimate of drug-likeness (QED) is 0.314. The van der Waals surface area contributed by atoms with Crippen LogP contribution in [0.4, 0.5) is 0 Å². The van der Waals surface area contributed by atoms with Crippen molar-refractivity contribution in [1.29, 1.82) is 5.26 Å². The molecule has 0 bridgehead atoms. The van der Waals surface area contributed by atoms with Crippen molar-refractivity contribution < 1.29 is 14.0 Å². The van der Waals surface area contributed by atoms with Crippen molar-refractivity contribution in [2.24, 2.45) is 28.6 Å². The molecule has 4 rings (SSSR count). The van der Waals surface area contributed by atoms with Crippen molar-refractivity contribution >= 4 is 14.3 Å². The van der Waals surface area contributed by atoms with Crippen LogP contribution in [0.25, 0.3) is 0 Å². The molecule has 30 heavy (non-hydrogen) atoms. The number of hydrogen-bond acceptors (Lipinski definition) is 4. The van der Waals surface area contributed by atoms with Crippen molar-refractivity contribution in [3.05, 3.63) is 11.6 Å². The summed E-state index contributed by atoms with van der Waals surface area (Å²) in [6.45, 7) is 13.0. The van der Waals surface area contributed by atoms with E-state index >= 15 is 0 Å². The Morgan fingerprint density at radius 3 is 2.47 bits per heavy atom. The number of fused-ring (bicyclic) bond motifs is 5. The summed E-state index contributed by atoms with van der Waals surface area (Å²) in [5.41, 5.74) is 1.09. The summed E-state index contributed by atoms with van der Waals surface area (Å²) in [5.74, 6) is 1.72. The maximum atomic E-state index is 11.5. The van der Waals surface area contributed by atoms with Gasteiger partial charge in [-0.1, -0.05) is 25.5 Å². The first-order chi connectivity index (χ1) is 13.9. The third-order valence-electron chi connectivity index (χ3n) is 9.17. The highest BCUT2D eigenvalue weighted by atomic mass is 28.4. The van der Waals surface area contributed by atoms with Crippen LogP contribution in [0.2, 0.25) is 19.6 Å². The lowest BCUT2D eigenvalue weighted by atomic mass is 9.47. The zero-order valence-corrected chi connectivity index (χ0v) is 20.7. The Morgan fingerprint density at radius 1 is 1.13 bits per heavy atom. The van der Waals surface area contributed by atoms with Crippen LogP contribution < -0.4 is 0 Å². The van der Waals surface area contributed by atoms with E-state index in [1.807, 2.05) is 0 Å². The molecule has 3 fully saturated rings. The van der Waals surface area contributed by atoms with Crippen LogP contribution in [0.5, 0.6) is 0 Å². The number of nitriles is 1. The number of rotatable bonds is 3. The van der Waals surface area contributed by atoms with E-state index in [2.05, 4.69) is 45.6 Å².